The average Bonchev–Trinajstić information content (AvgIpc) is 2.85. The van der Waals surface area contributed by atoms with Gasteiger partial charge in [0.25, 0.3) is 17.5 Å². The van der Waals surface area contributed by atoms with Crippen molar-refractivity contribution in [1.29, 1.82) is 0 Å². The van der Waals surface area contributed by atoms with Crippen LogP contribution in [-0.4, -0.2) is 31.6 Å². The fraction of sp³-hybridized carbons (Fsp3) is 0.125. The molecule has 3 rings (SSSR count). The molecule has 0 saturated carbocycles. The van der Waals surface area contributed by atoms with Crippen LogP contribution in [0.4, 0.5) is 5.69 Å². The summed E-state index contributed by atoms with van der Waals surface area (Å²) in [5.41, 5.74) is 2.12. The van der Waals surface area contributed by atoms with Crippen LogP contribution in [0.3, 0.4) is 0 Å². The Labute approximate surface area is 152 Å². The van der Waals surface area contributed by atoms with Crippen LogP contribution < -0.4 is 10.6 Å². The predicted octanol–water partition coefficient (Wildman–Crippen LogP) is 1.31. The Hall–Kier alpha value is -3.40. The van der Waals surface area contributed by atoms with Gasteiger partial charge in [0.2, 0.25) is 0 Å². The van der Waals surface area contributed by atoms with Gasteiger partial charge in [-0.3, -0.25) is 30.3 Å². The highest BCUT2D eigenvalue weighted by molar-refractivity contribution is 7.80. The molecule has 9 nitrogen and oxygen atoms in total. The lowest BCUT2D eigenvalue weighted by molar-refractivity contribution is -0.384. The first kappa shape index (κ1) is 17.4. The summed E-state index contributed by atoms with van der Waals surface area (Å²) in [4.78, 5) is 34.5. The third-order valence-electron chi connectivity index (χ3n) is 3.86. The molecule has 1 aromatic heterocycles. The molecule has 2 amide bonds. The number of hydrogen-bond acceptors (Lipinski definition) is 6. The summed E-state index contributed by atoms with van der Waals surface area (Å²) in [5.74, 6) is -1.19. The van der Waals surface area contributed by atoms with Gasteiger partial charge in [-0.15, -0.1) is 0 Å². The SMILES string of the molecule is Cc1nn(-c2cccc([N+](=O)[O-])c2)c(C)c1C=C1C(=O)NC(=S)NC1=O. The fourth-order valence-electron chi connectivity index (χ4n) is 2.60. The van der Waals surface area contributed by atoms with Crippen LogP contribution >= 0.6 is 12.2 Å². The first-order chi connectivity index (χ1) is 12.3. The molecule has 1 aliphatic rings. The summed E-state index contributed by atoms with van der Waals surface area (Å²) in [6, 6.07) is 6.03. The predicted molar refractivity (Wildman–Crippen MR) is 96.6 cm³/mol. The van der Waals surface area contributed by atoms with Crippen LogP contribution in [0, 0.1) is 24.0 Å². The second kappa shape index (κ2) is 6.48. The quantitative estimate of drug-likeness (QED) is 0.276. The minimum absolute atomic E-state index is 0.0436. The normalized spacial score (nSPS) is 14.1. The van der Waals surface area contributed by atoms with Crippen molar-refractivity contribution in [2.24, 2.45) is 0 Å². The van der Waals surface area contributed by atoms with E-state index in [2.05, 4.69) is 15.7 Å². The van der Waals surface area contributed by atoms with E-state index in [-0.39, 0.29) is 16.4 Å². The van der Waals surface area contributed by atoms with Gasteiger partial charge in [-0.05, 0) is 38.2 Å². The van der Waals surface area contributed by atoms with Crippen molar-refractivity contribution >= 4 is 40.9 Å². The van der Waals surface area contributed by atoms with Gasteiger partial charge in [-0.25, -0.2) is 4.68 Å². The van der Waals surface area contributed by atoms with Gasteiger partial charge in [0.1, 0.15) is 5.57 Å². The van der Waals surface area contributed by atoms with Crippen molar-refractivity contribution in [3.05, 3.63) is 56.9 Å². The second-order valence-corrected chi connectivity index (χ2v) is 5.98. The van der Waals surface area contributed by atoms with Crippen molar-refractivity contribution in [2.75, 3.05) is 0 Å². The van der Waals surface area contributed by atoms with Crippen molar-refractivity contribution in [2.45, 2.75) is 13.8 Å². The molecular weight excluding hydrogens is 358 g/mol. The van der Waals surface area contributed by atoms with Crippen molar-refractivity contribution < 1.29 is 14.5 Å². The molecule has 26 heavy (non-hydrogen) atoms. The minimum Gasteiger partial charge on any atom is -0.299 e. The highest BCUT2D eigenvalue weighted by Gasteiger charge is 2.27. The van der Waals surface area contributed by atoms with E-state index in [0.717, 1.165) is 0 Å². The van der Waals surface area contributed by atoms with Crippen molar-refractivity contribution in [3.8, 4) is 5.69 Å². The molecule has 132 valence electrons. The van der Waals surface area contributed by atoms with E-state index in [1.165, 1.54) is 22.9 Å². The van der Waals surface area contributed by atoms with Gasteiger partial charge in [0, 0.05) is 23.4 Å². The van der Waals surface area contributed by atoms with Crippen LogP contribution in [0.5, 0.6) is 0 Å². The molecule has 0 bridgehead atoms. The van der Waals surface area contributed by atoms with E-state index in [4.69, 9.17) is 12.2 Å². The Morgan fingerprint density at radius 1 is 1.23 bits per heavy atom. The summed E-state index contributed by atoms with van der Waals surface area (Å²) in [7, 11) is 0. The third-order valence-corrected chi connectivity index (χ3v) is 4.07. The van der Waals surface area contributed by atoms with E-state index >= 15 is 0 Å². The van der Waals surface area contributed by atoms with E-state index in [1.54, 1.807) is 26.0 Å². The number of nitro groups is 1. The molecule has 2 N–H and O–H groups in total. The minimum atomic E-state index is -0.597. The molecule has 0 radical (unpaired) electrons. The van der Waals surface area contributed by atoms with Crippen molar-refractivity contribution in [1.82, 2.24) is 20.4 Å². The second-order valence-electron chi connectivity index (χ2n) is 5.57. The van der Waals surface area contributed by atoms with Crippen LogP contribution in [0.1, 0.15) is 17.0 Å². The Bertz CT molecular complexity index is 986. The van der Waals surface area contributed by atoms with Gasteiger partial charge in [-0.2, -0.15) is 5.10 Å². The molecular formula is C16H13N5O4S. The molecule has 1 fully saturated rings. The summed E-state index contributed by atoms with van der Waals surface area (Å²) in [6.07, 6.45) is 1.43. The monoisotopic (exact) mass is 371 g/mol. The largest absolute Gasteiger partial charge is 0.299 e. The maximum atomic E-state index is 12.0. The van der Waals surface area contributed by atoms with Gasteiger partial charge in [0.15, 0.2) is 5.11 Å². The lowest BCUT2D eigenvalue weighted by Gasteiger charge is -2.16. The van der Waals surface area contributed by atoms with E-state index in [1.807, 2.05) is 0 Å². The molecule has 2 heterocycles. The molecule has 0 aliphatic carbocycles. The number of hydrogen-bond donors (Lipinski definition) is 2. The zero-order valence-corrected chi connectivity index (χ0v) is 14.6. The number of aromatic nitrogens is 2. The van der Waals surface area contributed by atoms with Crippen LogP contribution in [-0.2, 0) is 9.59 Å². The lowest BCUT2D eigenvalue weighted by Crippen LogP contribution is -2.51. The zero-order chi connectivity index (χ0) is 19.0. The number of aryl methyl sites for hydroxylation is 1. The molecule has 0 unspecified atom stereocenters. The number of carbonyl (C=O) groups is 2. The summed E-state index contributed by atoms with van der Waals surface area (Å²) in [6.45, 7) is 3.46. The molecule has 1 saturated heterocycles. The topological polar surface area (TPSA) is 119 Å². The number of amides is 2. The maximum absolute atomic E-state index is 12.0. The van der Waals surface area contributed by atoms with Gasteiger partial charge in [-0.1, -0.05) is 6.07 Å². The molecule has 0 spiro atoms. The number of nitro benzene ring substituents is 1. The van der Waals surface area contributed by atoms with Crippen molar-refractivity contribution in [3.63, 3.8) is 0 Å². The number of nitrogens with one attached hydrogen (secondary N) is 2. The molecule has 1 aromatic carbocycles. The number of benzene rings is 1. The standard InChI is InChI=1S/C16H13N5O4S/c1-8-12(7-13-14(22)17-16(26)18-15(13)23)9(2)20(19-8)10-4-3-5-11(6-10)21(24)25/h3-7H,1-2H3,(H2,17,18,22,23,26). The van der Waals surface area contributed by atoms with Crippen LogP contribution in [0.25, 0.3) is 11.8 Å². The summed E-state index contributed by atoms with van der Waals surface area (Å²) in [5, 5.41) is 20.0. The lowest BCUT2D eigenvalue weighted by atomic mass is 10.1. The highest BCUT2D eigenvalue weighted by atomic mass is 32.1. The first-order valence-electron chi connectivity index (χ1n) is 7.47. The Morgan fingerprint density at radius 3 is 2.50 bits per heavy atom. The maximum Gasteiger partial charge on any atom is 0.271 e. The number of rotatable bonds is 3. The average molecular weight is 371 g/mol. The smallest absolute Gasteiger partial charge is 0.271 e. The van der Waals surface area contributed by atoms with Gasteiger partial charge in [0.05, 0.1) is 16.3 Å². The van der Waals surface area contributed by atoms with Crippen LogP contribution in [0.15, 0.2) is 29.8 Å². The van der Waals surface area contributed by atoms with Crippen LogP contribution in [0.2, 0.25) is 0 Å². The molecule has 10 heteroatoms. The highest BCUT2D eigenvalue weighted by Crippen LogP contribution is 2.23. The van der Waals surface area contributed by atoms with E-state index < -0.39 is 16.7 Å². The Kier molecular flexibility index (Phi) is 4.34. The Balaban J connectivity index is 2.07. The number of carbonyl (C=O) groups excluding carboxylic acids is 2. The van der Waals surface area contributed by atoms with Gasteiger partial charge < -0.3 is 0 Å². The zero-order valence-electron chi connectivity index (χ0n) is 13.8. The number of non-ortho nitro benzene ring substituents is 1. The van der Waals surface area contributed by atoms with E-state index in [9.17, 15) is 19.7 Å². The fourth-order valence-corrected chi connectivity index (χ4v) is 2.79. The van der Waals surface area contributed by atoms with Gasteiger partial charge >= 0.3 is 0 Å². The third kappa shape index (κ3) is 3.09. The molecule has 1 aliphatic heterocycles. The van der Waals surface area contributed by atoms with E-state index in [0.29, 0.717) is 22.6 Å². The number of nitrogens with zero attached hydrogens (tertiary/aromatic N) is 3. The number of thiocarbonyl (C=S) groups is 1. The first-order valence-corrected chi connectivity index (χ1v) is 7.88. The summed E-state index contributed by atoms with van der Waals surface area (Å²) >= 11 is 4.77. The Morgan fingerprint density at radius 2 is 1.88 bits per heavy atom. The molecule has 0 atom stereocenters. The molecule has 2 aromatic rings. The summed E-state index contributed by atoms with van der Waals surface area (Å²) < 4.78 is 1.53.